The molecule has 0 amide bonds. The number of halogens is 1. The van der Waals surface area contributed by atoms with Gasteiger partial charge in [-0.2, -0.15) is 0 Å². The van der Waals surface area contributed by atoms with Gasteiger partial charge in [0.2, 0.25) is 0 Å². The number of benzene rings is 2. The van der Waals surface area contributed by atoms with Crippen LogP contribution in [0.15, 0.2) is 60.7 Å². The zero-order valence-electron chi connectivity index (χ0n) is 9.15. The molecule has 0 saturated carbocycles. The molecule has 0 bridgehead atoms. The third-order valence-corrected chi connectivity index (χ3v) is 2.53. The molecule has 0 heterocycles. The molecule has 16 heavy (non-hydrogen) atoms. The fraction of sp³-hybridized carbons (Fsp3) is 0.0667. The lowest BCUT2D eigenvalue weighted by molar-refractivity contribution is 0.627. The van der Waals surface area contributed by atoms with Crippen molar-refractivity contribution in [3.8, 4) is 0 Å². The van der Waals surface area contributed by atoms with Crippen molar-refractivity contribution in [2.24, 2.45) is 0 Å². The summed E-state index contributed by atoms with van der Waals surface area (Å²) in [7, 11) is 0. The Bertz CT molecular complexity index is 481. The number of rotatable bonds is 2. The number of hydrogen-bond acceptors (Lipinski definition) is 0. The Labute approximate surface area is 95.1 Å². The molecule has 2 aromatic rings. The lowest BCUT2D eigenvalue weighted by atomic mass is 9.98. The van der Waals surface area contributed by atoms with Gasteiger partial charge in [-0.3, -0.25) is 0 Å². The summed E-state index contributed by atoms with van der Waals surface area (Å²) in [5, 5.41) is 0. The standard InChI is InChI=1S/C15H13F/c1-2-15(12-6-4-3-5-7-12)13-8-10-14(16)11-9-13/h2-11H,1H3/b15-2+. The van der Waals surface area contributed by atoms with E-state index in [1.807, 2.05) is 31.2 Å². The summed E-state index contributed by atoms with van der Waals surface area (Å²) in [5.41, 5.74) is 3.31. The van der Waals surface area contributed by atoms with Crippen molar-refractivity contribution in [2.75, 3.05) is 0 Å². The van der Waals surface area contributed by atoms with Gasteiger partial charge in [-0.15, -0.1) is 0 Å². The number of allylic oxidation sites excluding steroid dienone is 1. The Morgan fingerprint density at radius 1 is 0.875 bits per heavy atom. The highest BCUT2D eigenvalue weighted by molar-refractivity contribution is 5.79. The second-order valence-corrected chi connectivity index (χ2v) is 3.58. The Kier molecular flexibility index (Phi) is 3.16. The lowest BCUT2D eigenvalue weighted by Gasteiger charge is -2.07. The Morgan fingerprint density at radius 2 is 1.44 bits per heavy atom. The molecule has 2 rings (SSSR count). The van der Waals surface area contributed by atoms with Crippen molar-refractivity contribution in [1.82, 2.24) is 0 Å². The topological polar surface area (TPSA) is 0 Å². The quantitative estimate of drug-likeness (QED) is 0.697. The van der Waals surface area contributed by atoms with Gasteiger partial charge in [0.25, 0.3) is 0 Å². The first-order valence-corrected chi connectivity index (χ1v) is 5.29. The molecule has 0 aromatic heterocycles. The largest absolute Gasteiger partial charge is 0.207 e. The summed E-state index contributed by atoms with van der Waals surface area (Å²) in [6.45, 7) is 1.99. The van der Waals surface area contributed by atoms with Crippen molar-refractivity contribution in [1.29, 1.82) is 0 Å². The Morgan fingerprint density at radius 3 is 2.00 bits per heavy atom. The average Bonchev–Trinajstić information content (AvgIpc) is 2.34. The summed E-state index contributed by atoms with van der Waals surface area (Å²) in [4.78, 5) is 0. The van der Waals surface area contributed by atoms with E-state index in [1.54, 1.807) is 12.1 Å². The van der Waals surface area contributed by atoms with Crippen LogP contribution in [0.3, 0.4) is 0 Å². The second-order valence-electron chi connectivity index (χ2n) is 3.58. The van der Waals surface area contributed by atoms with Crippen molar-refractivity contribution in [3.63, 3.8) is 0 Å². The molecular formula is C15H13F. The minimum absolute atomic E-state index is 0.202. The van der Waals surface area contributed by atoms with Gasteiger partial charge in [0.1, 0.15) is 5.82 Å². The molecule has 0 atom stereocenters. The maximum absolute atomic E-state index is 12.8. The van der Waals surface area contributed by atoms with Gasteiger partial charge in [0.15, 0.2) is 0 Å². The predicted octanol–water partition coefficient (Wildman–Crippen LogP) is 4.28. The highest BCUT2D eigenvalue weighted by atomic mass is 19.1. The van der Waals surface area contributed by atoms with E-state index < -0.39 is 0 Å². The first-order chi connectivity index (χ1) is 7.81. The van der Waals surface area contributed by atoms with Crippen LogP contribution in [0.5, 0.6) is 0 Å². The SMILES string of the molecule is C/C=C(\c1ccccc1)c1ccc(F)cc1. The van der Waals surface area contributed by atoms with Gasteiger partial charge in [-0.1, -0.05) is 48.5 Å². The van der Waals surface area contributed by atoms with Crippen molar-refractivity contribution in [2.45, 2.75) is 6.92 Å². The van der Waals surface area contributed by atoms with Crippen LogP contribution in [0.2, 0.25) is 0 Å². The summed E-state index contributed by atoms with van der Waals surface area (Å²) in [5.74, 6) is -0.202. The molecule has 0 aliphatic rings. The smallest absolute Gasteiger partial charge is 0.123 e. The van der Waals surface area contributed by atoms with E-state index >= 15 is 0 Å². The molecule has 0 aliphatic carbocycles. The lowest BCUT2D eigenvalue weighted by Crippen LogP contribution is -1.87. The highest BCUT2D eigenvalue weighted by Gasteiger charge is 2.02. The van der Waals surface area contributed by atoms with E-state index in [2.05, 4.69) is 12.1 Å². The van der Waals surface area contributed by atoms with Gasteiger partial charge >= 0.3 is 0 Å². The highest BCUT2D eigenvalue weighted by Crippen LogP contribution is 2.22. The molecule has 0 radical (unpaired) electrons. The van der Waals surface area contributed by atoms with E-state index in [1.165, 1.54) is 12.1 Å². The van der Waals surface area contributed by atoms with Crippen LogP contribution in [-0.2, 0) is 0 Å². The molecule has 0 spiro atoms. The third kappa shape index (κ3) is 2.19. The number of hydrogen-bond donors (Lipinski definition) is 0. The molecule has 1 heteroatoms. The molecule has 0 nitrogen and oxygen atoms in total. The van der Waals surface area contributed by atoms with Gasteiger partial charge < -0.3 is 0 Å². The maximum atomic E-state index is 12.8. The minimum atomic E-state index is -0.202. The van der Waals surface area contributed by atoms with Gasteiger partial charge in [0.05, 0.1) is 0 Å². The molecule has 0 N–H and O–H groups in total. The molecular weight excluding hydrogens is 199 g/mol. The van der Waals surface area contributed by atoms with Crippen molar-refractivity contribution >= 4 is 5.57 Å². The van der Waals surface area contributed by atoms with E-state index in [-0.39, 0.29) is 5.82 Å². The van der Waals surface area contributed by atoms with Crippen LogP contribution in [0.25, 0.3) is 5.57 Å². The Hall–Kier alpha value is -1.89. The maximum Gasteiger partial charge on any atom is 0.123 e. The average molecular weight is 212 g/mol. The predicted molar refractivity (Wildman–Crippen MR) is 65.6 cm³/mol. The Balaban J connectivity index is 2.42. The van der Waals surface area contributed by atoms with Crippen molar-refractivity contribution < 1.29 is 4.39 Å². The van der Waals surface area contributed by atoms with Crippen LogP contribution in [0, 0.1) is 5.82 Å². The van der Waals surface area contributed by atoms with Gasteiger partial charge in [-0.05, 0) is 35.8 Å². The first-order valence-electron chi connectivity index (χ1n) is 5.29. The zero-order chi connectivity index (χ0) is 11.4. The van der Waals surface area contributed by atoms with E-state index in [9.17, 15) is 4.39 Å². The van der Waals surface area contributed by atoms with E-state index in [4.69, 9.17) is 0 Å². The van der Waals surface area contributed by atoms with Gasteiger partial charge in [0, 0.05) is 0 Å². The fourth-order valence-corrected chi connectivity index (χ4v) is 1.75. The summed E-state index contributed by atoms with van der Waals surface area (Å²) in [6.07, 6.45) is 2.04. The molecule has 0 aliphatic heterocycles. The zero-order valence-corrected chi connectivity index (χ0v) is 9.15. The van der Waals surface area contributed by atoms with Gasteiger partial charge in [-0.25, -0.2) is 4.39 Å². The summed E-state index contributed by atoms with van der Waals surface area (Å²) < 4.78 is 12.8. The first kappa shape index (κ1) is 10.6. The molecule has 0 unspecified atom stereocenters. The molecule has 2 aromatic carbocycles. The van der Waals surface area contributed by atoms with Crippen LogP contribution in [0.1, 0.15) is 18.1 Å². The van der Waals surface area contributed by atoms with Crippen LogP contribution >= 0.6 is 0 Å². The normalized spacial score (nSPS) is 11.5. The van der Waals surface area contributed by atoms with E-state index in [0.29, 0.717) is 0 Å². The van der Waals surface area contributed by atoms with Crippen LogP contribution in [0.4, 0.5) is 4.39 Å². The third-order valence-electron chi connectivity index (χ3n) is 2.53. The van der Waals surface area contributed by atoms with Crippen LogP contribution < -0.4 is 0 Å². The second kappa shape index (κ2) is 4.75. The van der Waals surface area contributed by atoms with Crippen molar-refractivity contribution in [3.05, 3.63) is 77.6 Å². The minimum Gasteiger partial charge on any atom is -0.207 e. The molecule has 0 saturated heterocycles. The van der Waals surface area contributed by atoms with Crippen LogP contribution in [-0.4, -0.2) is 0 Å². The fourth-order valence-electron chi connectivity index (χ4n) is 1.75. The molecule has 80 valence electrons. The van der Waals surface area contributed by atoms with E-state index in [0.717, 1.165) is 16.7 Å². The summed E-state index contributed by atoms with van der Waals surface area (Å²) in [6, 6.07) is 16.7. The monoisotopic (exact) mass is 212 g/mol. The summed E-state index contributed by atoms with van der Waals surface area (Å²) >= 11 is 0. The molecule has 0 fully saturated rings.